The minimum absolute atomic E-state index is 0.00926. The van der Waals surface area contributed by atoms with Gasteiger partial charge in [0.1, 0.15) is 0 Å². The molecule has 2 N–H and O–H groups in total. The summed E-state index contributed by atoms with van der Waals surface area (Å²) >= 11 is 0. The van der Waals surface area contributed by atoms with E-state index in [0.29, 0.717) is 6.54 Å². The van der Waals surface area contributed by atoms with Crippen LogP contribution in [-0.4, -0.2) is 37.4 Å². The van der Waals surface area contributed by atoms with Gasteiger partial charge in [0.05, 0.1) is 5.92 Å². The number of hydrogen-bond donors (Lipinski definition) is 2. The molecule has 2 heterocycles. The van der Waals surface area contributed by atoms with Gasteiger partial charge in [0.2, 0.25) is 0 Å². The fourth-order valence-electron chi connectivity index (χ4n) is 2.70. The number of nitrogens with one attached hydrogen (secondary N) is 1. The first-order chi connectivity index (χ1) is 6.75. The molecule has 14 heavy (non-hydrogen) atoms. The van der Waals surface area contributed by atoms with Crippen LogP contribution >= 0.6 is 0 Å². The Hall–Kier alpha value is -0.610. The molecule has 0 radical (unpaired) electrons. The van der Waals surface area contributed by atoms with Crippen LogP contribution in [0, 0.1) is 11.3 Å². The molecule has 2 fully saturated rings. The molecule has 2 rings (SSSR count). The Bertz CT molecular complexity index is 215. The van der Waals surface area contributed by atoms with Crippen molar-refractivity contribution in [2.45, 2.75) is 19.3 Å². The van der Waals surface area contributed by atoms with Crippen molar-refractivity contribution < 1.29 is 14.6 Å². The summed E-state index contributed by atoms with van der Waals surface area (Å²) < 4.78 is 5.31. The molecule has 4 heteroatoms. The lowest BCUT2D eigenvalue weighted by Gasteiger charge is -2.44. The second-order valence-electron chi connectivity index (χ2n) is 4.32. The van der Waals surface area contributed by atoms with Crippen LogP contribution in [-0.2, 0) is 9.53 Å². The molecule has 2 aliphatic rings. The van der Waals surface area contributed by atoms with Crippen molar-refractivity contribution in [1.29, 1.82) is 0 Å². The molecule has 4 nitrogen and oxygen atoms in total. The lowest BCUT2D eigenvalue weighted by atomic mass is 9.66. The van der Waals surface area contributed by atoms with E-state index in [-0.39, 0.29) is 11.3 Å². The van der Waals surface area contributed by atoms with Crippen molar-refractivity contribution in [3.8, 4) is 0 Å². The zero-order chi connectivity index (χ0) is 10.0. The third-order valence-corrected chi connectivity index (χ3v) is 3.67. The maximum Gasteiger partial charge on any atom is 0.308 e. The van der Waals surface area contributed by atoms with Crippen molar-refractivity contribution in [3.63, 3.8) is 0 Å². The fourth-order valence-corrected chi connectivity index (χ4v) is 2.70. The molecular formula is C10H17NO3. The number of piperidine rings is 1. The van der Waals surface area contributed by atoms with Gasteiger partial charge in [-0.1, -0.05) is 0 Å². The molecule has 0 aliphatic carbocycles. The maximum atomic E-state index is 11.1. The second-order valence-corrected chi connectivity index (χ2v) is 4.32. The number of aliphatic carboxylic acids is 1. The molecule has 1 spiro atoms. The molecular weight excluding hydrogens is 182 g/mol. The predicted molar refractivity (Wildman–Crippen MR) is 51.1 cm³/mol. The molecule has 0 aromatic heterocycles. The van der Waals surface area contributed by atoms with E-state index in [1.165, 1.54) is 0 Å². The van der Waals surface area contributed by atoms with Crippen LogP contribution in [0.15, 0.2) is 0 Å². The summed E-state index contributed by atoms with van der Waals surface area (Å²) in [7, 11) is 0. The third-order valence-electron chi connectivity index (χ3n) is 3.67. The van der Waals surface area contributed by atoms with Gasteiger partial charge in [-0.25, -0.2) is 0 Å². The average Bonchev–Trinajstić information content (AvgIpc) is 2.19. The standard InChI is InChI=1S/C10H17NO3/c12-9(13)8-7-11-4-1-10(8)2-5-14-6-3-10/h8,11H,1-7H2,(H,12,13). The van der Waals surface area contributed by atoms with Crippen molar-refractivity contribution >= 4 is 5.97 Å². The Labute approximate surface area is 83.6 Å². The lowest BCUT2D eigenvalue weighted by molar-refractivity contribution is -0.151. The van der Waals surface area contributed by atoms with Crippen LogP contribution in [0.25, 0.3) is 0 Å². The molecule has 0 aromatic rings. The van der Waals surface area contributed by atoms with Gasteiger partial charge in [-0.3, -0.25) is 4.79 Å². The quantitative estimate of drug-likeness (QED) is 0.645. The van der Waals surface area contributed by atoms with Crippen molar-refractivity contribution in [3.05, 3.63) is 0 Å². The highest BCUT2D eigenvalue weighted by atomic mass is 16.5. The summed E-state index contributed by atoms with van der Waals surface area (Å²) in [6.45, 7) is 3.02. The minimum Gasteiger partial charge on any atom is -0.481 e. The Balaban J connectivity index is 2.14. The Morgan fingerprint density at radius 1 is 1.36 bits per heavy atom. The molecule has 2 saturated heterocycles. The summed E-state index contributed by atoms with van der Waals surface area (Å²) in [5.41, 5.74) is 0.00926. The smallest absolute Gasteiger partial charge is 0.308 e. The van der Waals surface area contributed by atoms with Gasteiger partial charge in [0.15, 0.2) is 0 Å². The molecule has 0 saturated carbocycles. The highest BCUT2D eigenvalue weighted by molar-refractivity contribution is 5.71. The van der Waals surface area contributed by atoms with Gasteiger partial charge in [-0.05, 0) is 31.2 Å². The number of hydrogen-bond acceptors (Lipinski definition) is 3. The van der Waals surface area contributed by atoms with E-state index in [0.717, 1.165) is 39.0 Å². The van der Waals surface area contributed by atoms with E-state index >= 15 is 0 Å². The number of carbonyl (C=O) groups is 1. The van der Waals surface area contributed by atoms with Crippen molar-refractivity contribution in [2.24, 2.45) is 11.3 Å². The summed E-state index contributed by atoms with van der Waals surface area (Å²) in [6, 6.07) is 0. The van der Waals surface area contributed by atoms with Crippen LogP contribution in [0.4, 0.5) is 0 Å². The first-order valence-electron chi connectivity index (χ1n) is 5.26. The SMILES string of the molecule is O=C(O)C1CNCCC12CCOCC2. The number of carboxylic acid groups (broad SMARTS) is 1. The number of ether oxygens (including phenoxy) is 1. The first kappa shape index (κ1) is 9.93. The van der Waals surface area contributed by atoms with Crippen LogP contribution in [0.2, 0.25) is 0 Å². The zero-order valence-corrected chi connectivity index (χ0v) is 8.29. The normalized spacial score (nSPS) is 31.6. The topological polar surface area (TPSA) is 58.6 Å². The van der Waals surface area contributed by atoms with Gasteiger partial charge < -0.3 is 15.2 Å². The summed E-state index contributed by atoms with van der Waals surface area (Å²) in [4.78, 5) is 11.1. The monoisotopic (exact) mass is 199 g/mol. The van der Waals surface area contributed by atoms with E-state index < -0.39 is 5.97 Å². The van der Waals surface area contributed by atoms with Gasteiger partial charge >= 0.3 is 5.97 Å². The van der Waals surface area contributed by atoms with E-state index in [4.69, 9.17) is 4.74 Å². The molecule has 1 atom stereocenters. The predicted octanol–water partition coefficient (Wildman–Crippen LogP) is 0.477. The maximum absolute atomic E-state index is 11.1. The van der Waals surface area contributed by atoms with Crippen LogP contribution in [0.1, 0.15) is 19.3 Å². The van der Waals surface area contributed by atoms with Crippen molar-refractivity contribution in [1.82, 2.24) is 5.32 Å². The van der Waals surface area contributed by atoms with E-state index in [2.05, 4.69) is 5.32 Å². The fraction of sp³-hybridized carbons (Fsp3) is 0.900. The van der Waals surface area contributed by atoms with Crippen LogP contribution < -0.4 is 5.32 Å². The Morgan fingerprint density at radius 3 is 2.71 bits per heavy atom. The van der Waals surface area contributed by atoms with Gasteiger partial charge in [-0.2, -0.15) is 0 Å². The number of rotatable bonds is 1. The van der Waals surface area contributed by atoms with Crippen molar-refractivity contribution in [2.75, 3.05) is 26.3 Å². The van der Waals surface area contributed by atoms with Crippen LogP contribution in [0.3, 0.4) is 0 Å². The molecule has 1 unspecified atom stereocenters. The summed E-state index contributed by atoms with van der Waals surface area (Å²) in [6.07, 6.45) is 2.80. The highest BCUT2D eigenvalue weighted by Crippen LogP contribution is 2.42. The number of carboxylic acids is 1. The molecule has 0 amide bonds. The van der Waals surface area contributed by atoms with E-state index in [9.17, 15) is 9.90 Å². The first-order valence-corrected chi connectivity index (χ1v) is 5.26. The largest absolute Gasteiger partial charge is 0.481 e. The third kappa shape index (κ3) is 1.64. The van der Waals surface area contributed by atoms with Gasteiger partial charge in [0, 0.05) is 19.8 Å². The van der Waals surface area contributed by atoms with Crippen LogP contribution in [0.5, 0.6) is 0 Å². The summed E-state index contributed by atoms with van der Waals surface area (Å²) in [5.74, 6) is -0.876. The van der Waals surface area contributed by atoms with E-state index in [1.54, 1.807) is 0 Å². The van der Waals surface area contributed by atoms with E-state index in [1.807, 2.05) is 0 Å². The Kier molecular flexibility index (Phi) is 2.74. The molecule has 0 bridgehead atoms. The Morgan fingerprint density at radius 2 is 2.07 bits per heavy atom. The average molecular weight is 199 g/mol. The highest BCUT2D eigenvalue weighted by Gasteiger charge is 2.45. The summed E-state index contributed by atoms with van der Waals surface area (Å²) in [5, 5.41) is 12.3. The minimum atomic E-state index is -0.654. The van der Waals surface area contributed by atoms with Gasteiger partial charge in [0.25, 0.3) is 0 Å². The lowest BCUT2D eigenvalue weighted by Crippen LogP contribution is -2.51. The molecule has 80 valence electrons. The zero-order valence-electron chi connectivity index (χ0n) is 8.29. The van der Waals surface area contributed by atoms with Gasteiger partial charge in [-0.15, -0.1) is 0 Å². The molecule has 0 aromatic carbocycles. The second kappa shape index (κ2) is 3.87. The molecule has 2 aliphatic heterocycles.